The number of urea groups is 1. The first-order chi connectivity index (χ1) is 17.2. The summed E-state index contributed by atoms with van der Waals surface area (Å²) in [5.74, 6) is -1.96. The summed E-state index contributed by atoms with van der Waals surface area (Å²) in [4.78, 5) is 43.9. The van der Waals surface area contributed by atoms with Crippen LogP contribution in [0, 0.1) is 11.6 Å². The molecule has 3 amide bonds. The van der Waals surface area contributed by atoms with Crippen LogP contribution in [0.2, 0.25) is 5.02 Å². The van der Waals surface area contributed by atoms with Gasteiger partial charge in [-0.25, -0.2) is 18.6 Å². The predicted octanol–water partition coefficient (Wildman–Crippen LogP) is 2.21. The maximum atomic E-state index is 13.8. The lowest BCUT2D eigenvalue weighted by Gasteiger charge is -2.17. The van der Waals surface area contributed by atoms with E-state index in [-0.39, 0.29) is 48.7 Å². The van der Waals surface area contributed by atoms with Gasteiger partial charge in [0.05, 0.1) is 24.5 Å². The maximum absolute atomic E-state index is 13.8. The van der Waals surface area contributed by atoms with E-state index in [1.165, 1.54) is 26.8 Å². The third-order valence-corrected chi connectivity index (χ3v) is 5.81. The van der Waals surface area contributed by atoms with Gasteiger partial charge in [0.15, 0.2) is 5.02 Å². The zero-order valence-corrected chi connectivity index (χ0v) is 19.8. The number of benzene rings is 2. The molecular formula is C23H21ClF2N6O4. The number of hydrogen-bond acceptors (Lipinski definition) is 6. The van der Waals surface area contributed by atoms with Gasteiger partial charge in [-0.15, -0.1) is 0 Å². The molecule has 0 bridgehead atoms. The van der Waals surface area contributed by atoms with E-state index in [4.69, 9.17) is 22.1 Å². The number of primary amides is 1. The van der Waals surface area contributed by atoms with Gasteiger partial charge in [0.25, 0.3) is 5.56 Å². The lowest BCUT2D eigenvalue weighted by Crippen LogP contribution is -2.43. The van der Waals surface area contributed by atoms with Crippen LogP contribution < -0.4 is 31.1 Å². The van der Waals surface area contributed by atoms with E-state index in [9.17, 15) is 23.2 Å². The molecular weight excluding hydrogens is 498 g/mol. The minimum atomic E-state index is -0.799. The molecule has 0 unspecified atom stereocenters. The first-order valence-corrected chi connectivity index (χ1v) is 11.0. The molecule has 0 spiro atoms. The topological polar surface area (TPSA) is 123 Å². The summed E-state index contributed by atoms with van der Waals surface area (Å²) in [7, 11) is 1.64. The van der Waals surface area contributed by atoms with Gasteiger partial charge in [0, 0.05) is 11.6 Å². The molecule has 1 aliphatic heterocycles. The van der Waals surface area contributed by atoms with E-state index in [1.54, 1.807) is 25.2 Å². The molecule has 2 heterocycles. The van der Waals surface area contributed by atoms with Crippen molar-refractivity contribution in [3.8, 4) is 5.88 Å². The largest absolute Gasteiger partial charge is 0.471 e. The maximum Gasteiger partial charge on any atom is 0.320 e. The lowest BCUT2D eigenvalue weighted by molar-refractivity contribution is -0.117. The Bertz CT molecular complexity index is 1400. The molecule has 4 rings (SSSR count). The second-order valence-electron chi connectivity index (χ2n) is 7.90. The average Bonchev–Trinajstić information content (AvgIpc) is 3.22. The van der Waals surface area contributed by atoms with Crippen LogP contribution in [0.1, 0.15) is 11.1 Å². The Morgan fingerprint density at radius 3 is 2.64 bits per heavy atom. The van der Waals surface area contributed by atoms with Crippen molar-refractivity contribution in [2.45, 2.75) is 13.2 Å². The van der Waals surface area contributed by atoms with Crippen molar-refractivity contribution in [1.82, 2.24) is 14.9 Å². The molecule has 2 aromatic carbocycles. The molecule has 1 aliphatic rings. The summed E-state index contributed by atoms with van der Waals surface area (Å²) in [5, 5.41) is 2.46. The molecule has 0 saturated heterocycles. The summed E-state index contributed by atoms with van der Waals surface area (Å²) in [5.41, 5.74) is 6.51. The van der Waals surface area contributed by atoms with E-state index in [1.807, 2.05) is 0 Å². The molecule has 3 aromatic rings. The molecule has 0 aliphatic carbocycles. The molecule has 0 atom stereocenters. The van der Waals surface area contributed by atoms with Crippen LogP contribution in [0.4, 0.5) is 25.0 Å². The van der Waals surface area contributed by atoms with Crippen LogP contribution in [-0.4, -0.2) is 41.8 Å². The molecule has 10 nitrogen and oxygen atoms in total. The van der Waals surface area contributed by atoms with Gasteiger partial charge >= 0.3 is 6.03 Å². The molecule has 0 saturated carbocycles. The van der Waals surface area contributed by atoms with Crippen molar-refractivity contribution < 1.29 is 23.1 Å². The quantitative estimate of drug-likeness (QED) is 0.494. The highest BCUT2D eigenvalue weighted by atomic mass is 35.5. The highest BCUT2D eigenvalue weighted by Crippen LogP contribution is 2.36. The van der Waals surface area contributed by atoms with Crippen LogP contribution >= 0.6 is 11.6 Å². The standard InChI is InChI=1S/C23H21ClF2N6O4/c1-28-8-19(33)31-12-32(23(27)35)18-6-13(2-5-17(18)31)9-30-11-29-21(20(24)22(30)34)36-10-14-3-4-15(25)7-16(14)26/h2-7,11,28H,8-10,12H2,1H3,(H2,27,35). The number of nitrogens with one attached hydrogen (secondary N) is 1. The fourth-order valence-electron chi connectivity index (χ4n) is 3.70. The Labute approximate surface area is 208 Å². The number of amides is 3. The molecule has 1 aromatic heterocycles. The molecule has 36 heavy (non-hydrogen) atoms. The van der Waals surface area contributed by atoms with Crippen LogP contribution in [0.3, 0.4) is 0 Å². The highest BCUT2D eigenvalue weighted by molar-refractivity contribution is 6.31. The van der Waals surface area contributed by atoms with Crippen LogP contribution in [0.15, 0.2) is 47.5 Å². The van der Waals surface area contributed by atoms with E-state index < -0.39 is 23.2 Å². The van der Waals surface area contributed by atoms with Crippen LogP contribution in [0.5, 0.6) is 5.88 Å². The summed E-state index contributed by atoms with van der Waals surface area (Å²) in [6.45, 7) is -0.209. The SMILES string of the molecule is CNCC(=O)N1CN(C(N)=O)c2cc(Cn3cnc(OCc4ccc(F)cc4F)c(Cl)c3=O)ccc21. The number of ether oxygens (including phenoxy) is 1. The number of nitrogens with two attached hydrogens (primary N) is 1. The van der Waals surface area contributed by atoms with Crippen molar-refractivity contribution in [3.05, 3.63) is 80.9 Å². The third kappa shape index (κ3) is 4.99. The molecule has 188 valence electrons. The number of aromatic nitrogens is 2. The Hall–Kier alpha value is -4.03. The van der Waals surface area contributed by atoms with Gasteiger partial charge in [0.2, 0.25) is 11.8 Å². The van der Waals surface area contributed by atoms with Crippen LogP contribution in [0.25, 0.3) is 0 Å². The average molecular weight is 519 g/mol. The minimum absolute atomic E-state index is 0.0251. The van der Waals surface area contributed by atoms with E-state index in [0.717, 1.165) is 12.1 Å². The number of hydrogen-bond donors (Lipinski definition) is 2. The second kappa shape index (κ2) is 10.3. The smallest absolute Gasteiger partial charge is 0.320 e. The number of nitrogens with zero attached hydrogens (tertiary/aromatic N) is 4. The van der Waals surface area contributed by atoms with Gasteiger partial charge in [-0.2, -0.15) is 0 Å². The van der Waals surface area contributed by atoms with Gasteiger partial charge in [-0.05, 0) is 36.9 Å². The summed E-state index contributed by atoms with van der Waals surface area (Å²) >= 11 is 6.14. The number of likely N-dealkylation sites (N-methyl/N-ethyl adjacent to an activating group) is 1. The van der Waals surface area contributed by atoms with E-state index in [2.05, 4.69) is 10.3 Å². The zero-order chi connectivity index (χ0) is 26.0. The highest BCUT2D eigenvalue weighted by Gasteiger charge is 2.32. The Morgan fingerprint density at radius 1 is 1.17 bits per heavy atom. The summed E-state index contributed by atoms with van der Waals surface area (Å²) in [6, 6.07) is 7.30. The first kappa shape index (κ1) is 25.1. The van der Waals surface area contributed by atoms with E-state index in [0.29, 0.717) is 16.9 Å². The Morgan fingerprint density at radius 2 is 1.94 bits per heavy atom. The Kier molecular flexibility index (Phi) is 7.17. The minimum Gasteiger partial charge on any atom is -0.471 e. The van der Waals surface area contributed by atoms with E-state index >= 15 is 0 Å². The third-order valence-electron chi connectivity index (χ3n) is 5.48. The molecule has 0 fully saturated rings. The number of carbonyl (C=O) groups is 2. The number of halogens is 3. The predicted molar refractivity (Wildman–Crippen MR) is 128 cm³/mol. The molecule has 13 heteroatoms. The normalized spacial score (nSPS) is 12.6. The second-order valence-corrected chi connectivity index (χ2v) is 8.28. The van der Waals surface area contributed by atoms with Gasteiger partial charge in [-0.3, -0.25) is 24.0 Å². The van der Waals surface area contributed by atoms with Crippen molar-refractivity contribution in [3.63, 3.8) is 0 Å². The van der Waals surface area contributed by atoms with Crippen LogP contribution in [-0.2, 0) is 17.9 Å². The monoisotopic (exact) mass is 518 g/mol. The number of fused-ring (bicyclic) bond motifs is 1. The summed E-state index contributed by atoms with van der Waals surface area (Å²) in [6.07, 6.45) is 1.21. The number of carbonyl (C=O) groups excluding carboxylic acids is 2. The van der Waals surface area contributed by atoms with Crippen molar-refractivity contribution >= 4 is 34.9 Å². The molecule has 3 N–H and O–H groups in total. The summed E-state index contributed by atoms with van der Waals surface area (Å²) < 4.78 is 33.5. The fourth-order valence-corrected chi connectivity index (χ4v) is 3.91. The van der Waals surface area contributed by atoms with Crippen molar-refractivity contribution in [2.75, 3.05) is 30.1 Å². The van der Waals surface area contributed by atoms with Crippen molar-refractivity contribution in [1.29, 1.82) is 0 Å². The number of rotatable bonds is 7. The number of anilines is 2. The van der Waals surface area contributed by atoms with Crippen molar-refractivity contribution in [2.24, 2.45) is 5.73 Å². The lowest BCUT2D eigenvalue weighted by atomic mass is 10.1. The van der Waals surface area contributed by atoms with Gasteiger partial charge in [-0.1, -0.05) is 17.7 Å². The first-order valence-electron chi connectivity index (χ1n) is 10.7. The fraction of sp³-hybridized carbons (Fsp3) is 0.217. The van der Waals surface area contributed by atoms with Gasteiger partial charge in [0.1, 0.15) is 31.2 Å². The molecule has 0 radical (unpaired) electrons. The Balaban J connectivity index is 1.55. The zero-order valence-electron chi connectivity index (χ0n) is 19.0. The van der Waals surface area contributed by atoms with Gasteiger partial charge < -0.3 is 15.8 Å².